The minimum atomic E-state index is -1.61. The molecule has 0 saturated carbocycles. The number of hydrogen-bond donors (Lipinski definition) is 0. The van der Waals surface area contributed by atoms with Gasteiger partial charge in [-0.15, -0.1) is 0 Å². The maximum Gasteiger partial charge on any atom is 0.195 e. The van der Waals surface area contributed by atoms with Crippen LogP contribution in [-0.4, -0.2) is 5.78 Å². The highest BCUT2D eigenvalue weighted by Gasteiger charge is 2.18. The van der Waals surface area contributed by atoms with E-state index in [-0.39, 0.29) is 6.42 Å². The molecule has 0 bridgehead atoms. The standard InChI is InChI=1S/C17H15F3O/c1-10(2)12-5-3-11(4-6-12)9-15(21)13-7-8-14(18)17(20)16(13)19/h3-8,10H,9H2,1-2H3. The number of Topliss-reactive ketones (excluding diaryl/α,β-unsaturated/α-hetero) is 1. The van der Waals surface area contributed by atoms with Crippen molar-refractivity contribution in [1.29, 1.82) is 0 Å². The molecule has 0 heterocycles. The summed E-state index contributed by atoms with van der Waals surface area (Å²) in [6, 6.07) is 9.09. The van der Waals surface area contributed by atoms with Crippen molar-refractivity contribution >= 4 is 5.78 Å². The molecule has 0 aliphatic carbocycles. The highest BCUT2D eigenvalue weighted by Crippen LogP contribution is 2.19. The fourth-order valence-electron chi connectivity index (χ4n) is 2.04. The summed E-state index contributed by atoms with van der Waals surface area (Å²) in [6.07, 6.45) is -0.0552. The van der Waals surface area contributed by atoms with Crippen LogP contribution in [0.1, 0.15) is 41.3 Å². The zero-order chi connectivity index (χ0) is 15.6. The fourth-order valence-corrected chi connectivity index (χ4v) is 2.04. The average molecular weight is 292 g/mol. The lowest BCUT2D eigenvalue weighted by molar-refractivity contribution is 0.0988. The van der Waals surface area contributed by atoms with Crippen molar-refractivity contribution in [3.63, 3.8) is 0 Å². The third kappa shape index (κ3) is 3.32. The van der Waals surface area contributed by atoms with E-state index in [0.717, 1.165) is 17.7 Å². The highest BCUT2D eigenvalue weighted by atomic mass is 19.2. The van der Waals surface area contributed by atoms with E-state index < -0.39 is 28.8 Å². The molecule has 1 nitrogen and oxygen atoms in total. The van der Waals surface area contributed by atoms with E-state index >= 15 is 0 Å². The van der Waals surface area contributed by atoms with Crippen molar-refractivity contribution in [1.82, 2.24) is 0 Å². The lowest BCUT2D eigenvalue weighted by atomic mass is 9.98. The number of benzene rings is 2. The predicted octanol–water partition coefficient (Wildman–Crippen LogP) is 4.65. The predicted molar refractivity (Wildman–Crippen MR) is 74.9 cm³/mol. The van der Waals surface area contributed by atoms with Crippen molar-refractivity contribution in [2.45, 2.75) is 26.2 Å². The van der Waals surface area contributed by atoms with Crippen LogP contribution < -0.4 is 0 Å². The highest BCUT2D eigenvalue weighted by molar-refractivity contribution is 5.97. The Morgan fingerprint density at radius 1 is 0.952 bits per heavy atom. The van der Waals surface area contributed by atoms with Crippen LogP contribution in [-0.2, 0) is 6.42 Å². The second kappa shape index (κ2) is 6.12. The molecule has 0 radical (unpaired) electrons. The number of rotatable bonds is 4. The average Bonchev–Trinajstić information content (AvgIpc) is 2.45. The number of carbonyl (C=O) groups is 1. The Bertz CT molecular complexity index is 660. The van der Waals surface area contributed by atoms with Crippen LogP contribution in [0.5, 0.6) is 0 Å². The summed E-state index contributed by atoms with van der Waals surface area (Å²) in [4.78, 5) is 12.0. The van der Waals surface area contributed by atoms with Crippen LogP contribution in [0.3, 0.4) is 0 Å². The third-order valence-electron chi connectivity index (χ3n) is 3.35. The molecule has 0 fully saturated rings. The quantitative estimate of drug-likeness (QED) is 0.592. The Morgan fingerprint density at radius 3 is 2.14 bits per heavy atom. The molecular weight excluding hydrogens is 277 g/mol. The largest absolute Gasteiger partial charge is 0.294 e. The zero-order valence-corrected chi connectivity index (χ0v) is 11.8. The van der Waals surface area contributed by atoms with Gasteiger partial charge in [0.25, 0.3) is 0 Å². The summed E-state index contributed by atoms with van der Waals surface area (Å²) in [5, 5.41) is 0. The molecule has 0 amide bonds. The smallest absolute Gasteiger partial charge is 0.195 e. The summed E-state index contributed by atoms with van der Waals surface area (Å²) in [7, 11) is 0. The minimum absolute atomic E-state index is 0.0552. The van der Waals surface area contributed by atoms with Crippen molar-refractivity contribution in [3.8, 4) is 0 Å². The molecule has 0 saturated heterocycles. The van der Waals surface area contributed by atoms with Crippen LogP contribution in [0, 0.1) is 17.5 Å². The summed E-state index contributed by atoms with van der Waals surface area (Å²) >= 11 is 0. The molecule has 110 valence electrons. The van der Waals surface area contributed by atoms with E-state index in [2.05, 4.69) is 13.8 Å². The molecule has 0 N–H and O–H groups in total. The molecule has 0 spiro atoms. The monoisotopic (exact) mass is 292 g/mol. The first-order valence-electron chi connectivity index (χ1n) is 6.65. The van der Waals surface area contributed by atoms with Crippen molar-refractivity contribution in [3.05, 3.63) is 70.5 Å². The Labute approximate surface area is 121 Å². The van der Waals surface area contributed by atoms with Crippen LogP contribution in [0.25, 0.3) is 0 Å². The van der Waals surface area contributed by atoms with Crippen molar-refractivity contribution in [2.75, 3.05) is 0 Å². The van der Waals surface area contributed by atoms with Gasteiger partial charge in [-0.25, -0.2) is 13.2 Å². The molecular formula is C17H15F3O. The van der Waals surface area contributed by atoms with Gasteiger partial charge in [-0.3, -0.25) is 4.79 Å². The molecule has 2 aromatic carbocycles. The first-order chi connectivity index (χ1) is 9.90. The van der Waals surface area contributed by atoms with E-state index in [4.69, 9.17) is 0 Å². The Hall–Kier alpha value is -2.10. The Balaban J connectivity index is 2.20. The van der Waals surface area contributed by atoms with Crippen molar-refractivity contribution < 1.29 is 18.0 Å². The molecule has 2 aromatic rings. The normalized spacial score (nSPS) is 11.0. The van der Waals surface area contributed by atoms with Crippen LogP contribution in [0.15, 0.2) is 36.4 Å². The van der Waals surface area contributed by atoms with Crippen molar-refractivity contribution in [2.24, 2.45) is 0 Å². The van der Waals surface area contributed by atoms with Gasteiger partial charge < -0.3 is 0 Å². The summed E-state index contributed by atoms with van der Waals surface area (Å²) in [5.41, 5.74) is 1.40. The number of carbonyl (C=O) groups excluding carboxylic acids is 1. The van der Waals surface area contributed by atoms with Gasteiger partial charge in [0.2, 0.25) is 0 Å². The first kappa shape index (κ1) is 15.3. The van der Waals surface area contributed by atoms with E-state index in [1.165, 1.54) is 0 Å². The number of hydrogen-bond acceptors (Lipinski definition) is 1. The summed E-state index contributed by atoms with van der Waals surface area (Å²) in [6.45, 7) is 4.10. The van der Waals surface area contributed by atoms with E-state index in [1.807, 2.05) is 12.1 Å². The molecule has 0 atom stereocenters. The summed E-state index contributed by atoms with van der Waals surface area (Å²) in [5.74, 6) is -4.55. The SMILES string of the molecule is CC(C)c1ccc(CC(=O)c2ccc(F)c(F)c2F)cc1. The van der Waals surface area contributed by atoms with E-state index in [1.54, 1.807) is 12.1 Å². The molecule has 0 aromatic heterocycles. The maximum atomic E-state index is 13.5. The first-order valence-corrected chi connectivity index (χ1v) is 6.65. The fraction of sp³-hybridized carbons (Fsp3) is 0.235. The molecule has 21 heavy (non-hydrogen) atoms. The van der Waals surface area contributed by atoms with Crippen LogP contribution in [0.2, 0.25) is 0 Å². The van der Waals surface area contributed by atoms with Gasteiger partial charge in [-0.1, -0.05) is 38.1 Å². The third-order valence-corrected chi connectivity index (χ3v) is 3.35. The summed E-state index contributed by atoms with van der Waals surface area (Å²) < 4.78 is 39.5. The minimum Gasteiger partial charge on any atom is -0.294 e. The Morgan fingerprint density at radius 2 is 1.57 bits per heavy atom. The van der Waals surface area contributed by atoms with Gasteiger partial charge >= 0.3 is 0 Å². The van der Waals surface area contributed by atoms with Gasteiger partial charge in [-0.05, 0) is 29.2 Å². The Kier molecular flexibility index (Phi) is 4.46. The number of halogens is 3. The zero-order valence-electron chi connectivity index (χ0n) is 11.8. The second-order valence-corrected chi connectivity index (χ2v) is 5.22. The second-order valence-electron chi connectivity index (χ2n) is 5.22. The van der Waals surface area contributed by atoms with E-state index in [9.17, 15) is 18.0 Å². The number of ketones is 1. The van der Waals surface area contributed by atoms with Gasteiger partial charge in [0.05, 0.1) is 5.56 Å². The van der Waals surface area contributed by atoms with Gasteiger partial charge in [0, 0.05) is 6.42 Å². The molecule has 0 aliphatic heterocycles. The van der Waals surface area contributed by atoms with Gasteiger partial charge in [0.1, 0.15) is 0 Å². The maximum absolute atomic E-state index is 13.5. The molecule has 2 rings (SSSR count). The molecule has 0 aliphatic rings. The van der Waals surface area contributed by atoms with Gasteiger partial charge in [0.15, 0.2) is 23.2 Å². The molecule has 4 heteroatoms. The van der Waals surface area contributed by atoms with E-state index in [0.29, 0.717) is 11.5 Å². The molecule has 0 unspecified atom stereocenters. The topological polar surface area (TPSA) is 17.1 Å². The van der Waals surface area contributed by atoms with Crippen LogP contribution in [0.4, 0.5) is 13.2 Å². The van der Waals surface area contributed by atoms with Crippen LogP contribution >= 0.6 is 0 Å². The lowest BCUT2D eigenvalue weighted by Crippen LogP contribution is -2.08. The van der Waals surface area contributed by atoms with Gasteiger partial charge in [-0.2, -0.15) is 0 Å². The lowest BCUT2D eigenvalue weighted by Gasteiger charge is -2.07.